The van der Waals surface area contributed by atoms with Gasteiger partial charge in [-0.3, -0.25) is 10.1 Å². The number of rotatable bonds is 5. The van der Waals surface area contributed by atoms with Gasteiger partial charge in [0.15, 0.2) is 16.6 Å². The van der Waals surface area contributed by atoms with Crippen LogP contribution in [0.1, 0.15) is 10.4 Å². The third-order valence-corrected chi connectivity index (χ3v) is 5.46. The first-order valence-corrected chi connectivity index (χ1v) is 10.1. The number of nitrogens with zero attached hydrogens (tertiary/aromatic N) is 1. The molecule has 0 aliphatic carbocycles. The summed E-state index contributed by atoms with van der Waals surface area (Å²) >= 11 is 1.60. The van der Waals surface area contributed by atoms with Gasteiger partial charge in [-0.2, -0.15) is 8.78 Å². The van der Waals surface area contributed by atoms with Gasteiger partial charge in [-0.25, -0.2) is 4.98 Å². The van der Waals surface area contributed by atoms with E-state index in [1.807, 2.05) is 18.2 Å². The highest BCUT2D eigenvalue weighted by Gasteiger charge is 2.17. The van der Waals surface area contributed by atoms with Crippen molar-refractivity contribution >= 4 is 34.1 Å². The smallest absolute Gasteiger partial charge is 0.288 e. The summed E-state index contributed by atoms with van der Waals surface area (Å²) in [6, 6.07) is 11.8. The molecule has 0 unspecified atom stereocenters. The van der Waals surface area contributed by atoms with Crippen LogP contribution >= 0.6 is 23.1 Å². The van der Waals surface area contributed by atoms with Crippen molar-refractivity contribution in [2.45, 2.75) is 10.7 Å². The molecule has 2 aromatic carbocycles. The number of carbonyl (C=O) groups is 1. The number of amides is 1. The van der Waals surface area contributed by atoms with E-state index in [1.165, 1.54) is 23.5 Å². The van der Waals surface area contributed by atoms with Crippen LogP contribution in [0.3, 0.4) is 0 Å². The van der Waals surface area contributed by atoms with Gasteiger partial charge in [0.2, 0.25) is 0 Å². The van der Waals surface area contributed by atoms with Gasteiger partial charge in [0.25, 0.3) is 11.7 Å². The number of thiazole rings is 1. The molecule has 1 N–H and O–H groups in total. The fourth-order valence-corrected chi connectivity index (χ4v) is 4.04. The first-order valence-electron chi connectivity index (χ1n) is 8.31. The minimum absolute atomic E-state index is 0.184. The lowest BCUT2D eigenvalue weighted by molar-refractivity contribution is 0.102. The molecule has 1 aliphatic heterocycles. The van der Waals surface area contributed by atoms with E-state index in [0.29, 0.717) is 47.3 Å². The number of halogens is 2. The van der Waals surface area contributed by atoms with E-state index < -0.39 is 11.7 Å². The Morgan fingerprint density at radius 1 is 1.14 bits per heavy atom. The number of hydrogen-bond donors (Lipinski definition) is 1. The number of fused-ring (bicyclic) bond motifs is 1. The minimum Gasteiger partial charge on any atom is -0.486 e. The zero-order valence-electron chi connectivity index (χ0n) is 14.4. The van der Waals surface area contributed by atoms with E-state index in [0.717, 1.165) is 5.56 Å². The average Bonchev–Trinajstić information content (AvgIpc) is 3.16. The van der Waals surface area contributed by atoms with E-state index >= 15 is 0 Å². The van der Waals surface area contributed by atoms with Crippen LogP contribution in [0.5, 0.6) is 11.5 Å². The van der Waals surface area contributed by atoms with Crippen molar-refractivity contribution in [1.82, 2.24) is 4.98 Å². The summed E-state index contributed by atoms with van der Waals surface area (Å²) in [6.45, 7) is 1.01. The minimum atomic E-state index is -2.60. The zero-order valence-corrected chi connectivity index (χ0v) is 16.0. The lowest BCUT2D eigenvalue weighted by atomic mass is 10.1. The normalized spacial score (nSPS) is 12.8. The molecule has 1 aromatic heterocycles. The van der Waals surface area contributed by atoms with Gasteiger partial charge in [-0.15, -0.1) is 11.3 Å². The van der Waals surface area contributed by atoms with Crippen LogP contribution in [0.2, 0.25) is 0 Å². The van der Waals surface area contributed by atoms with Gasteiger partial charge < -0.3 is 9.47 Å². The fraction of sp³-hybridized carbons (Fsp3) is 0.158. The van der Waals surface area contributed by atoms with Crippen LogP contribution in [0.4, 0.5) is 13.9 Å². The molecule has 5 nitrogen and oxygen atoms in total. The molecule has 2 heterocycles. The van der Waals surface area contributed by atoms with Gasteiger partial charge in [-0.05, 0) is 30.3 Å². The Kier molecular flexibility index (Phi) is 5.45. The topological polar surface area (TPSA) is 60.5 Å². The fourth-order valence-electron chi connectivity index (χ4n) is 2.68. The van der Waals surface area contributed by atoms with E-state index in [-0.39, 0.29) is 10.5 Å². The predicted octanol–water partition coefficient (Wildman–Crippen LogP) is 5.15. The summed E-state index contributed by atoms with van der Waals surface area (Å²) in [5.74, 6) is -1.74. The second-order valence-corrected chi connectivity index (χ2v) is 7.62. The quantitative estimate of drug-likeness (QED) is 0.579. The number of anilines is 1. The molecule has 0 saturated carbocycles. The van der Waals surface area contributed by atoms with Crippen LogP contribution in [-0.4, -0.2) is 29.9 Å². The first-order chi connectivity index (χ1) is 13.6. The summed E-state index contributed by atoms with van der Waals surface area (Å²) in [4.78, 5) is 17.2. The summed E-state index contributed by atoms with van der Waals surface area (Å²) < 4.78 is 36.5. The molecule has 1 aliphatic rings. The Morgan fingerprint density at radius 2 is 1.93 bits per heavy atom. The van der Waals surface area contributed by atoms with Crippen LogP contribution in [0.25, 0.3) is 11.3 Å². The van der Waals surface area contributed by atoms with Gasteiger partial charge in [0.05, 0.1) is 11.3 Å². The van der Waals surface area contributed by atoms with Crippen molar-refractivity contribution in [2.75, 3.05) is 18.5 Å². The standard InChI is InChI=1S/C19H14F2N2O3S2/c20-18(21)28-16-4-2-1-3-12(16)17(24)23-19-22-13(10-27-19)11-5-6-14-15(9-11)26-8-7-25-14/h1-6,9-10,18H,7-8H2,(H,22,23,24). The van der Waals surface area contributed by atoms with Crippen molar-refractivity contribution in [3.8, 4) is 22.8 Å². The highest BCUT2D eigenvalue weighted by Crippen LogP contribution is 2.35. The Morgan fingerprint density at radius 3 is 2.75 bits per heavy atom. The molecule has 0 saturated heterocycles. The van der Waals surface area contributed by atoms with Crippen molar-refractivity contribution in [1.29, 1.82) is 0 Å². The predicted molar refractivity (Wildman–Crippen MR) is 105 cm³/mol. The summed E-state index contributed by atoms with van der Waals surface area (Å²) in [6.07, 6.45) is 0. The monoisotopic (exact) mass is 420 g/mol. The number of aromatic nitrogens is 1. The first kappa shape index (κ1) is 18.7. The number of ether oxygens (including phenoxy) is 2. The molecule has 0 spiro atoms. The molecule has 144 valence electrons. The molecular formula is C19H14F2N2O3S2. The molecule has 0 fully saturated rings. The lowest BCUT2D eigenvalue weighted by Gasteiger charge is -2.18. The van der Waals surface area contributed by atoms with Crippen molar-refractivity contribution in [3.05, 3.63) is 53.4 Å². The SMILES string of the molecule is O=C(Nc1nc(-c2ccc3c(c2)OCCO3)cs1)c1ccccc1SC(F)F. The van der Waals surface area contributed by atoms with Crippen molar-refractivity contribution < 1.29 is 23.0 Å². The Labute approximate surface area is 167 Å². The highest BCUT2D eigenvalue weighted by atomic mass is 32.2. The third-order valence-electron chi connectivity index (χ3n) is 3.91. The van der Waals surface area contributed by atoms with Crippen LogP contribution < -0.4 is 14.8 Å². The maximum atomic E-state index is 12.7. The number of carbonyl (C=O) groups excluding carboxylic acids is 1. The highest BCUT2D eigenvalue weighted by molar-refractivity contribution is 7.99. The van der Waals surface area contributed by atoms with Gasteiger partial charge in [0, 0.05) is 15.8 Å². The van der Waals surface area contributed by atoms with Crippen molar-refractivity contribution in [3.63, 3.8) is 0 Å². The zero-order chi connectivity index (χ0) is 19.5. The molecular weight excluding hydrogens is 406 g/mol. The van der Waals surface area contributed by atoms with Gasteiger partial charge in [0.1, 0.15) is 13.2 Å². The Balaban J connectivity index is 1.52. The molecule has 4 rings (SSSR count). The molecule has 9 heteroatoms. The molecule has 0 radical (unpaired) electrons. The summed E-state index contributed by atoms with van der Waals surface area (Å²) in [5, 5.41) is 4.87. The number of benzene rings is 2. The van der Waals surface area contributed by atoms with Crippen LogP contribution in [-0.2, 0) is 0 Å². The second-order valence-electron chi connectivity index (χ2n) is 5.73. The number of alkyl halides is 2. The number of hydrogen-bond acceptors (Lipinski definition) is 6. The van der Waals surface area contributed by atoms with E-state index in [9.17, 15) is 13.6 Å². The maximum Gasteiger partial charge on any atom is 0.288 e. The average molecular weight is 420 g/mol. The summed E-state index contributed by atoms with van der Waals surface area (Å²) in [5.41, 5.74) is 1.69. The number of thioether (sulfide) groups is 1. The Bertz CT molecular complexity index is 1010. The maximum absolute atomic E-state index is 12.7. The number of nitrogens with one attached hydrogen (secondary N) is 1. The molecule has 0 bridgehead atoms. The molecule has 3 aromatic rings. The van der Waals surface area contributed by atoms with E-state index in [1.54, 1.807) is 17.5 Å². The molecule has 28 heavy (non-hydrogen) atoms. The Hall–Kier alpha value is -2.65. The van der Waals surface area contributed by atoms with E-state index in [2.05, 4.69) is 10.3 Å². The summed E-state index contributed by atoms with van der Waals surface area (Å²) in [7, 11) is 0. The van der Waals surface area contributed by atoms with Crippen LogP contribution in [0, 0.1) is 0 Å². The van der Waals surface area contributed by atoms with Crippen molar-refractivity contribution in [2.24, 2.45) is 0 Å². The lowest BCUT2D eigenvalue weighted by Crippen LogP contribution is -2.15. The molecule has 0 atom stereocenters. The second kappa shape index (κ2) is 8.15. The van der Waals surface area contributed by atoms with E-state index in [4.69, 9.17) is 9.47 Å². The van der Waals surface area contributed by atoms with Gasteiger partial charge >= 0.3 is 0 Å². The largest absolute Gasteiger partial charge is 0.486 e. The molecule has 1 amide bonds. The van der Waals surface area contributed by atoms with Gasteiger partial charge in [-0.1, -0.05) is 23.9 Å². The third kappa shape index (κ3) is 4.10. The van der Waals surface area contributed by atoms with Crippen LogP contribution in [0.15, 0.2) is 52.7 Å².